The Bertz CT molecular complexity index is 411. The number of carbonyl (C=O) groups is 3. The van der Waals surface area contributed by atoms with E-state index < -0.39 is 29.7 Å². The number of rotatable bonds is 5. The van der Waals surface area contributed by atoms with Crippen molar-refractivity contribution in [1.82, 2.24) is 0 Å². The highest BCUT2D eigenvalue weighted by atomic mass is 16.4. The maximum atomic E-state index is 10.6. The van der Waals surface area contributed by atoms with Gasteiger partial charge in [-0.15, -0.1) is 0 Å². The Morgan fingerprint density at radius 2 is 1.75 bits per heavy atom. The molecule has 0 saturated heterocycles. The van der Waals surface area contributed by atoms with Crippen LogP contribution in [0.2, 0.25) is 0 Å². The van der Waals surface area contributed by atoms with E-state index in [-0.39, 0.29) is 18.6 Å². The molecule has 1 rings (SSSR count). The molecule has 0 aromatic carbocycles. The van der Waals surface area contributed by atoms with Crippen molar-refractivity contribution in [2.24, 2.45) is 11.8 Å². The minimum absolute atomic E-state index is 0.0486. The summed E-state index contributed by atoms with van der Waals surface area (Å²) >= 11 is 0. The number of allylic oxidation sites excluding steroid dienone is 1. The molecule has 7 heteroatoms. The lowest BCUT2D eigenvalue weighted by atomic mass is 9.84. The smallest absolute Gasteiger partial charge is 0.331 e. The fraction of sp³-hybridized carbons (Fsp3) is 0.462. The molecule has 0 saturated carbocycles. The Morgan fingerprint density at radius 3 is 2.05 bits per heavy atom. The van der Waals surface area contributed by atoms with Gasteiger partial charge in [-0.05, 0) is 12.8 Å². The first-order chi connectivity index (χ1) is 9.31. The zero-order valence-electron chi connectivity index (χ0n) is 10.9. The van der Waals surface area contributed by atoms with Gasteiger partial charge in [-0.3, -0.25) is 9.59 Å². The second-order valence-electron chi connectivity index (χ2n) is 4.20. The molecule has 2 unspecified atom stereocenters. The van der Waals surface area contributed by atoms with Crippen LogP contribution in [0.25, 0.3) is 0 Å². The molecular weight excluding hydrogens is 268 g/mol. The second-order valence-corrected chi connectivity index (χ2v) is 4.20. The zero-order chi connectivity index (χ0) is 15.7. The van der Waals surface area contributed by atoms with E-state index in [1.54, 1.807) is 6.08 Å². The third-order valence-corrected chi connectivity index (χ3v) is 2.74. The molecule has 112 valence electrons. The lowest BCUT2D eigenvalue weighted by Crippen LogP contribution is -2.30. The number of hydrogen-bond acceptors (Lipinski definition) is 4. The van der Waals surface area contributed by atoms with E-state index in [2.05, 4.69) is 6.58 Å². The van der Waals surface area contributed by atoms with Gasteiger partial charge in [-0.1, -0.05) is 18.7 Å². The third-order valence-electron chi connectivity index (χ3n) is 2.74. The van der Waals surface area contributed by atoms with Gasteiger partial charge in [0.1, 0.15) is 0 Å². The van der Waals surface area contributed by atoms with Crippen LogP contribution in [0.3, 0.4) is 0 Å². The summed E-state index contributed by atoms with van der Waals surface area (Å²) in [6, 6.07) is 0. The maximum absolute atomic E-state index is 10.6. The molecule has 0 aromatic heterocycles. The normalized spacial score (nSPS) is 20.4. The molecule has 0 heterocycles. The summed E-state index contributed by atoms with van der Waals surface area (Å²) in [5.74, 6) is -4.73. The molecule has 1 aliphatic carbocycles. The van der Waals surface area contributed by atoms with Crippen molar-refractivity contribution in [3.05, 3.63) is 24.3 Å². The summed E-state index contributed by atoms with van der Waals surface area (Å²) in [6.07, 6.45) is 4.40. The van der Waals surface area contributed by atoms with E-state index in [0.29, 0.717) is 12.8 Å². The quantitative estimate of drug-likeness (QED) is 0.433. The second kappa shape index (κ2) is 8.87. The fourth-order valence-corrected chi connectivity index (χ4v) is 1.61. The lowest BCUT2D eigenvalue weighted by Gasteiger charge is -2.19. The number of hydrogen-bond donors (Lipinski definition) is 4. The van der Waals surface area contributed by atoms with Crippen LogP contribution in [-0.4, -0.2) is 44.9 Å². The van der Waals surface area contributed by atoms with Gasteiger partial charge in [0.2, 0.25) is 0 Å². The minimum atomic E-state index is -1.06. The van der Waals surface area contributed by atoms with Gasteiger partial charge in [0.25, 0.3) is 0 Å². The number of carboxylic acid groups (broad SMARTS) is 3. The Morgan fingerprint density at radius 1 is 1.15 bits per heavy atom. The summed E-state index contributed by atoms with van der Waals surface area (Å²) in [6.45, 7) is 3.04. The van der Waals surface area contributed by atoms with Crippen molar-refractivity contribution in [1.29, 1.82) is 0 Å². The van der Waals surface area contributed by atoms with E-state index >= 15 is 0 Å². The molecule has 7 nitrogen and oxygen atoms in total. The van der Waals surface area contributed by atoms with E-state index in [1.807, 2.05) is 0 Å². The Hall–Kier alpha value is -2.15. The van der Waals surface area contributed by atoms with Gasteiger partial charge < -0.3 is 20.4 Å². The Labute approximate surface area is 115 Å². The number of carboxylic acids is 3. The highest BCUT2D eigenvalue weighted by Gasteiger charge is 2.32. The monoisotopic (exact) mass is 286 g/mol. The van der Waals surface area contributed by atoms with Crippen molar-refractivity contribution in [3.63, 3.8) is 0 Å². The van der Waals surface area contributed by atoms with E-state index in [0.717, 1.165) is 0 Å². The Kier molecular flexibility index (Phi) is 7.91. The first-order valence-electron chi connectivity index (χ1n) is 5.95. The largest absolute Gasteiger partial charge is 0.481 e. The molecule has 0 spiro atoms. The first kappa shape index (κ1) is 17.8. The summed E-state index contributed by atoms with van der Waals surface area (Å²) in [5, 5.41) is 33.6. The number of aliphatic hydroxyl groups excluding tert-OH is 1. The van der Waals surface area contributed by atoms with Crippen LogP contribution in [0.4, 0.5) is 0 Å². The van der Waals surface area contributed by atoms with Crippen LogP contribution in [-0.2, 0) is 14.4 Å². The zero-order valence-corrected chi connectivity index (χ0v) is 10.9. The highest BCUT2D eigenvalue weighted by Crippen LogP contribution is 2.24. The average molecular weight is 286 g/mol. The third kappa shape index (κ3) is 6.14. The van der Waals surface area contributed by atoms with E-state index in [1.165, 1.54) is 6.08 Å². The molecule has 0 fully saturated rings. The number of aliphatic carboxylic acids is 3. The predicted molar refractivity (Wildman–Crippen MR) is 69.1 cm³/mol. The van der Waals surface area contributed by atoms with Crippen LogP contribution < -0.4 is 0 Å². The van der Waals surface area contributed by atoms with Gasteiger partial charge in [-0.2, -0.15) is 0 Å². The molecule has 0 aromatic rings. The van der Waals surface area contributed by atoms with Crippen molar-refractivity contribution >= 4 is 17.9 Å². The van der Waals surface area contributed by atoms with Gasteiger partial charge >= 0.3 is 17.9 Å². The molecule has 0 amide bonds. The lowest BCUT2D eigenvalue weighted by molar-refractivity contribution is -0.152. The summed E-state index contributed by atoms with van der Waals surface area (Å²) in [4.78, 5) is 31.0. The minimum Gasteiger partial charge on any atom is -0.481 e. The summed E-state index contributed by atoms with van der Waals surface area (Å²) < 4.78 is 0. The topological polar surface area (TPSA) is 132 Å². The first-order valence-corrected chi connectivity index (χ1v) is 5.95. The van der Waals surface area contributed by atoms with Crippen LogP contribution in [0.15, 0.2) is 24.3 Å². The maximum Gasteiger partial charge on any atom is 0.331 e. The van der Waals surface area contributed by atoms with Crippen LogP contribution in [0.1, 0.15) is 19.3 Å². The molecule has 20 heavy (non-hydrogen) atoms. The van der Waals surface area contributed by atoms with Crippen molar-refractivity contribution in [2.45, 2.75) is 19.3 Å². The predicted octanol–water partition coefficient (Wildman–Crippen LogP) is 0.748. The van der Waals surface area contributed by atoms with Crippen molar-refractivity contribution in [3.8, 4) is 0 Å². The molecule has 0 aliphatic heterocycles. The SMILES string of the molecule is C=C(CCO)C(=O)O.O=C(O)C1C=CCCC1C(=O)O. The fourth-order valence-electron chi connectivity index (χ4n) is 1.61. The summed E-state index contributed by atoms with van der Waals surface area (Å²) in [5.41, 5.74) is 0.0486. The van der Waals surface area contributed by atoms with E-state index in [9.17, 15) is 14.4 Å². The molecule has 4 N–H and O–H groups in total. The Balaban J connectivity index is 0.000000396. The van der Waals surface area contributed by atoms with Crippen molar-refractivity contribution in [2.75, 3.05) is 6.61 Å². The molecule has 2 atom stereocenters. The van der Waals surface area contributed by atoms with Gasteiger partial charge in [-0.25, -0.2) is 4.79 Å². The summed E-state index contributed by atoms with van der Waals surface area (Å²) in [7, 11) is 0. The van der Waals surface area contributed by atoms with Gasteiger partial charge in [0.15, 0.2) is 0 Å². The van der Waals surface area contributed by atoms with Crippen molar-refractivity contribution < 1.29 is 34.8 Å². The highest BCUT2D eigenvalue weighted by molar-refractivity contribution is 5.85. The van der Waals surface area contributed by atoms with Crippen LogP contribution >= 0.6 is 0 Å². The average Bonchev–Trinajstić information content (AvgIpc) is 2.39. The van der Waals surface area contributed by atoms with Crippen LogP contribution in [0.5, 0.6) is 0 Å². The molecule has 0 radical (unpaired) electrons. The van der Waals surface area contributed by atoms with Gasteiger partial charge in [0.05, 0.1) is 11.8 Å². The molecular formula is C13H18O7. The molecule has 0 bridgehead atoms. The van der Waals surface area contributed by atoms with Crippen LogP contribution in [0, 0.1) is 11.8 Å². The number of aliphatic hydroxyl groups is 1. The van der Waals surface area contributed by atoms with Gasteiger partial charge in [0, 0.05) is 18.6 Å². The van der Waals surface area contributed by atoms with E-state index in [4.69, 9.17) is 20.4 Å². The standard InChI is InChI=1S/C8H10O4.C5H8O3/c9-7(10)5-3-1-2-4-6(5)8(11)12;1-4(2-3-6)5(7)8/h1,3,5-6H,2,4H2,(H,9,10)(H,11,12);6H,1-3H2,(H,7,8). The molecule has 1 aliphatic rings.